The Morgan fingerprint density at radius 2 is 0.771 bits per heavy atom. The molecule has 0 aliphatic carbocycles. The summed E-state index contributed by atoms with van der Waals surface area (Å²) >= 11 is 0. The molecule has 0 atom stereocenters. The van der Waals surface area contributed by atoms with Crippen LogP contribution in [0.4, 0.5) is 11.4 Å². The minimum Gasteiger partial charge on any atom is -0.372 e. The van der Waals surface area contributed by atoms with Gasteiger partial charge in [-0.25, -0.2) is 0 Å². The first kappa shape index (κ1) is 29.7. The summed E-state index contributed by atoms with van der Waals surface area (Å²) in [7, 11) is -0.301. The van der Waals surface area contributed by atoms with Crippen molar-refractivity contribution in [2.75, 3.05) is 42.1 Å². The van der Waals surface area contributed by atoms with E-state index < -0.39 is 0 Å². The molecule has 2 aromatic carbocycles. The van der Waals surface area contributed by atoms with Crippen LogP contribution in [0.3, 0.4) is 0 Å². The molecular formula is C32H53N2P. The Balaban J connectivity index is 2.22. The molecular weight excluding hydrogens is 443 g/mol. The lowest BCUT2D eigenvalue weighted by Crippen LogP contribution is -2.26. The lowest BCUT2D eigenvalue weighted by Gasteiger charge is -2.27. The average molecular weight is 497 g/mol. The van der Waals surface area contributed by atoms with Gasteiger partial charge in [0.1, 0.15) is 0 Å². The zero-order valence-corrected chi connectivity index (χ0v) is 24.5. The maximum atomic E-state index is 2.60. The van der Waals surface area contributed by atoms with Gasteiger partial charge in [0.15, 0.2) is 0 Å². The largest absolute Gasteiger partial charge is 0.372 e. The first-order valence-electron chi connectivity index (χ1n) is 14.7. The number of nitrogens with zero attached hydrogens (tertiary/aromatic N) is 2. The van der Waals surface area contributed by atoms with Crippen LogP contribution in [0.1, 0.15) is 98.8 Å². The zero-order chi connectivity index (χ0) is 25.3. The molecule has 0 saturated carbocycles. The quantitative estimate of drug-likeness (QED) is 0.179. The average Bonchev–Trinajstić information content (AvgIpc) is 2.90. The third-order valence-electron chi connectivity index (χ3n) is 6.91. The monoisotopic (exact) mass is 496 g/mol. The summed E-state index contributed by atoms with van der Waals surface area (Å²) in [5.74, 6) is 0. The lowest BCUT2D eigenvalue weighted by atomic mass is 10.2. The number of rotatable bonds is 19. The Hall–Kier alpha value is -1.53. The number of hydrogen-bond donors (Lipinski definition) is 0. The molecule has 35 heavy (non-hydrogen) atoms. The Morgan fingerprint density at radius 3 is 1.06 bits per heavy atom. The molecule has 0 aromatic heterocycles. The highest BCUT2D eigenvalue weighted by Gasteiger charge is 2.15. The van der Waals surface area contributed by atoms with E-state index in [1.807, 2.05) is 0 Å². The van der Waals surface area contributed by atoms with E-state index in [0.717, 1.165) is 0 Å². The molecule has 3 heteroatoms. The highest BCUT2D eigenvalue weighted by Crippen LogP contribution is 2.36. The normalized spacial score (nSPS) is 11.3. The van der Waals surface area contributed by atoms with Crippen LogP contribution in [0.2, 0.25) is 0 Å². The van der Waals surface area contributed by atoms with E-state index in [4.69, 9.17) is 0 Å². The SMILES string of the molecule is CCCCN(CCCC)c1ccc(P(CCCC)c2ccc(N(CCCC)CCCC)cc2)cc1. The maximum Gasteiger partial charge on any atom is 0.0366 e. The maximum absolute atomic E-state index is 2.60. The molecule has 2 rings (SSSR count). The number of benzene rings is 2. The van der Waals surface area contributed by atoms with Crippen molar-refractivity contribution in [2.24, 2.45) is 0 Å². The molecule has 0 unspecified atom stereocenters. The number of unbranched alkanes of at least 4 members (excludes halogenated alkanes) is 5. The third kappa shape index (κ3) is 10.2. The minimum absolute atomic E-state index is 0.301. The predicted octanol–water partition coefficient (Wildman–Crippen LogP) is 8.73. The molecule has 0 spiro atoms. The fourth-order valence-electron chi connectivity index (χ4n) is 4.55. The Bertz CT molecular complexity index is 692. The molecule has 0 heterocycles. The van der Waals surface area contributed by atoms with E-state index >= 15 is 0 Å². The summed E-state index contributed by atoms with van der Waals surface area (Å²) < 4.78 is 0. The highest BCUT2D eigenvalue weighted by atomic mass is 31.1. The molecule has 0 fully saturated rings. The van der Waals surface area contributed by atoms with Crippen LogP contribution in [0.25, 0.3) is 0 Å². The summed E-state index contributed by atoms with van der Waals surface area (Å²) in [6.07, 6.45) is 14.0. The first-order valence-corrected chi connectivity index (χ1v) is 16.2. The molecule has 0 amide bonds. The molecule has 0 aliphatic rings. The minimum atomic E-state index is -0.301. The molecule has 196 valence electrons. The Kier molecular flexibility index (Phi) is 15.1. The fourth-order valence-corrected chi connectivity index (χ4v) is 7.01. The summed E-state index contributed by atoms with van der Waals surface area (Å²) in [4.78, 5) is 5.20. The first-order chi connectivity index (χ1) is 17.2. The highest BCUT2D eigenvalue weighted by molar-refractivity contribution is 7.73. The van der Waals surface area contributed by atoms with Crippen molar-refractivity contribution in [3.05, 3.63) is 48.5 Å². The lowest BCUT2D eigenvalue weighted by molar-refractivity contribution is 0.678. The number of anilines is 2. The van der Waals surface area contributed by atoms with E-state index in [1.165, 1.54) is 119 Å². The van der Waals surface area contributed by atoms with Crippen LogP contribution in [0.15, 0.2) is 48.5 Å². The summed E-state index contributed by atoms with van der Waals surface area (Å²) in [6.45, 7) is 16.2. The van der Waals surface area contributed by atoms with Gasteiger partial charge in [-0.3, -0.25) is 0 Å². The van der Waals surface area contributed by atoms with Crippen LogP contribution in [-0.2, 0) is 0 Å². The van der Waals surface area contributed by atoms with Gasteiger partial charge in [0, 0.05) is 37.6 Å². The molecule has 0 bridgehead atoms. The van der Waals surface area contributed by atoms with Crippen molar-refractivity contribution in [3.8, 4) is 0 Å². The second-order valence-corrected chi connectivity index (χ2v) is 12.3. The van der Waals surface area contributed by atoms with Crippen molar-refractivity contribution in [3.63, 3.8) is 0 Å². The molecule has 0 aliphatic heterocycles. The Morgan fingerprint density at radius 1 is 0.457 bits per heavy atom. The fraction of sp³-hybridized carbons (Fsp3) is 0.625. The van der Waals surface area contributed by atoms with Crippen molar-refractivity contribution in [2.45, 2.75) is 98.8 Å². The van der Waals surface area contributed by atoms with E-state index in [1.54, 1.807) is 0 Å². The molecule has 0 radical (unpaired) electrons. The molecule has 0 N–H and O–H groups in total. The summed E-state index contributed by atoms with van der Waals surface area (Å²) in [5, 5.41) is 3.06. The van der Waals surface area contributed by atoms with E-state index in [0.29, 0.717) is 0 Å². The summed E-state index contributed by atoms with van der Waals surface area (Å²) in [6, 6.07) is 19.3. The number of hydrogen-bond acceptors (Lipinski definition) is 2. The topological polar surface area (TPSA) is 6.48 Å². The van der Waals surface area contributed by atoms with Gasteiger partial charge in [-0.15, -0.1) is 0 Å². The zero-order valence-electron chi connectivity index (χ0n) is 23.6. The van der Waals surface area contributed by atoms with Crippen LogP contribution in [-0.4, -0.2) is 32.3 Å². The van der Waals surface area contributed by atoms with Gasteiger partial charge in [-0.2, -0.15) is 0 Å². The second kappa shape index (κ2) is 17.8. The van der Waals surface area contributed by atoms with Crippen molar-refractivity contribution in [1.82, 2.24) is 0 Å². The van der Waals surface area contributed by atoms with Crippen LogP contribution in [0, 0.1) is 0 Å². The van der Waals surface area contributed by atoms with Crippen molar-refractivity contribution < 1.29 is 0 Å². The van der Waals surface area contributed by atoms with E-state index in [2.05, 4.69) is 92.9 Å². The van der Waals surface area contributed by atoms with Crippen LogP contribution in [0.5, 0.6) is 0 Å². The molecule has 0 saturated heterocycles. The predicted molar refractivity (Wildman–Crippen MR) is 163 cm³/mol. The van der Waals surface area contributed by atoms with Gasteiger partial charge in [-0.1, -0.05) is 91.0 Å². The smallest absolute Gasteiger partial charge is 0.0366 e. The Labute approximate surface area is 219 Å². The van der Waals surface area contributed by atoms with Crippen molar-refractivity contribution in [1.29, 1.82) is 0 Å². The molecule has 2 aromatic rings. The van der Waals surface area contributed by atoms with E-state index in [-0.39, 0.29) is 7.92 Å². The summed E-state index contributed by atoms with van der Waals surface area (Å²) in [5.41, 5.74) is 2.80. The van der Waals surface area contributed by atoms with Crippen LogP contribution >= 0.6 is 7.92 Å². The van der Waals surface area contributed by atoms with Gasteiger partial charge in [0.05, 0.1) is 0 Å². The third-order valence-corrected chi connectivity index (χ3v) is 9.52. The van der Waals surface area contributed by atoms with Crippen LogP contribution < -0.4 is 20.4 Å². The standard InChI is InChI=1S/C32H53N2P/c1-6-11-24-33(25-12-7-2)29-16-20-31(21-17-29)35(28-15-10-5)32-22-18-30(19-23-32)34(26-13-8-3)27-14-9-4/h16-23H,6-15,24-28H2,1-5H3. The van der Waals surface area contributed by atoms with Gasteiger partial charge in [0.25, 0.3) is 0 Å². The van der Waals surface area contributed by atoms with Gasteiger partial charge < -0.3 is 9.80 Å². The van der Waals surface area contributed by atoms with Gasteiger partial charge >= 0.3 is 0 Å². The van der Waals surface area contributed by atoms with Crippen molar-refractivity contribution >= 4 is 29.9 Å². The molecule has 2 nitrogen and oxygen atoms in total. The van der Waals surface area contributed by atoms with E-state index in [9.17, 15) is 0 Å². The van der Waals surface area contributed by atoms with Gasteiger partial charge in [-0.05, 0) is 81.1 Å². The second-order valence-electron chi connectivity index (χ2n) is 9.93. The van der Waals surface area contributed by atoms with Gasteiger partial charge in [0.2, 0.25) is 0 Å².